The third-order valence-electron chi connectivity index (χ3n) is 5.79. The van der Waals surface area contributed by atoms with Gasteiger partial charge in [-0.15, -0.1) is 23.5 Å². The summed E-state index contributed by atoms with van der Waals surface area (Å²) in [4.78, 5) is 41.3. The summed E-state index contributed by atoms with van der Waals surface area (Å²) in [5.41, 5.74) is 0.998. The van der Waals surface area contributed by atoms with Gasteiger partial charge in [-0.1, -0.05) is 11.6 Å². The number of methoxy groups -OCH3 is 1. The minimum atomic E-state index is -1.32. The number of aromatic amines is 1. The quantitative estimate of drug-likeness (QED) is 0.247. The van der Waals surface area contributed by atoms with Crippen LogP contribution >= 0.6 is 11.6 Å². The smallest absolute Gasteiger partial charge is 0.463 e. The van der Waals surface area contributed by atoms with Gasteiger partial charge in [0.2, 0.25) is 5.88 Å². The molecule has 0 fully saturated rings. The first-order chi connectivity index (χ1) is 19.5. The summed E-state index contributed by atoms with van der Waals surface area (Å²) in [6.45, 7) is 5.24. The van der Waals surface area contributed by atoms with Crippen molar-refractivity contribution in [3.8, 4) is 17.6 Å². The van der Waals surface area contributed by atoms with E-state index in [1.807, 2.05) is 0 Å². The number of rotatable bonds is 7. The molecule has 1 aromatic carbocycles. The molecule has 0 aliphatic heterocycles. The lowest BCUT2D eigenvalue weighted by Gasteiger charge is -2.16. The number of pyridine rings is 1. The summed E-state index contributed by atoms with van der Waals surface area (Å²) in [5, 5.41) is 13.5. The van der Waals surface area contributed by atoms with Gasteiger partial charge in [0, 0.05) is 23.7 Å². The van der Waals surface area contributed by atoms with Crippen LogP contribution in [0.25, 0.3) is 22.7 Å². The standard InChI is InChI=1S/C25H21ClF2N10O3/c1-11(2)30-22(40)17-18(12(3)8-13-10-37(36-19(13)17)25-33-23(27)32-24(28)34-25)31-21(39)15-9-16(41-4)35-38(15)20-14(26)6-5-7-29-20/h5-11H,1-4H3,(H2,30,31,36,39,40)/p+1. The molecule has 210 valence electrons. The number of halogens is 3. The molecule has 13 nitrogen and oxygen atoms in total. The molecule has 5 aromatic rings. The molecule has 0 atom stereocenters. The highest BCUT2D eigenvalue weighted by molar-refractivity contribution is 6.32. The number of hydrogen-bond donors (Lipinski definition) is 3. The molecule has 0 spiro atoms. The van der Waals surface area contributed by atoms with E-state index in [2.05, 4.69) is 40.8 Å². The summed E-state index contributed by atoms with van der Waals surface area (Å²) >= 11 is 6.31. The first kappa shape index (κ1) is 27.5. The van der Waals surface area contributed by atoms with Gasteiger partial charge in [-0.2, -0.15) is 0 Å². The molecule has 0 aliphatic carbocycles. The summed E-state index contributed by atoms with van der Waals surface area (Å²) in [7, 11) is 1.39. The SMILES string of the molecule is COc1cc(C(=O)Nc2c(C)cc3c[n+](-c4nc(F)nc(F)n4)[nH]c3c2C(=O)NC(C)C)n(-c2ncccc2Cl)n1. The van der Waals surface area contributed by atoms with Crippen molar-refractivity contribution in [3.05, 3.63) is 70.7 Å². The number of ether oxygens (including phenoxy) is 1. The van der Waals surface area contributed by atoms with Gasteiger partial charge in [0.05, 0.1) is 28.9 Å². The topological polar surface area (TPSA) is 156 Å². The maximum absolute atomic E-state index is 13.7. The number of hydrogen-bond acceptors (Lipinski definition) is 8. The molecular formula is C25H22ClF2N10O3+. The van der Waals surface area contributed by atoms with Gasteiger partial charge >= 0.3 is 18.1 Å². The highest BCUT2D eigenvalue weighted by Gasteiger charge is 2.27. The molecule has 3 N–H and O–H groups in total. The summed E-state index contributed by atoms with van der Waals surface area (Å²) < 4.78 is 35.0. The number of amides is 2. The highest BCUT2D eigenvalue weighted by atomic mass is 35.5. The number of benzene rings is 1. The van der Waals surface area contributed by atoms with Crippen molar-refractivity contribution in [2.75, 3.05) is 12.4 Å². The average Bonchev–Trinajstić information content (AvgIpc) is 3.53. The first-order valence-electron chi connectivity index (χ1n) is 12.1. The zero-order chi connectivity index (χ0) is 29.4. The predicted molar refractivity (Wildman–Crippen MR) is 141 cm³/mol. The molecule has 0 saturated carbocycles. The highest BCUT2D eigenvalue weighted by Crippen LogP contribution is 2.30. The maximum Gasteiger partial charge on any atom is 0.463 e. The fourth-order valence-corrected chi connectivity index (χ4v) is 4.31. The second kappa shape index (κ2) is 10.8. The van der Waals surface area contributed by atoms with E-state index in [0.29, 0.717) is 10.9 Å². The molecule has 4 aromatic heterocycles. The van der Waals surface area contributed by atoms with E-state index < -0.39 is 24.0 Å². The molecule has 4 heterocycles. The van der Waals surface area contributed by atoms with Crippen LogP contribution in [0.5, 0.6) is 5.88 Å². The van der Waals surface area contributed by atoms with Gasteiger partial charge in [0.15, 0.2) is 5.82 Å². The molecule has 41 heavy (non-hydrogen) atoms. The second-order valence-corrected chi connectivity index (χ2v) is 9.47. The van der Waals surface area contributed by atoms with Crippen LogP contribution in [0.15, 0.2) is 36.7 Å². The van der Waals surface area contributed by atoms with E-state index in [1.54, 1.807) is 39.0 Å². The van der Waals surface area contributed by atoms with Crippen LogP contribution < -0.4 is 20.1 Å². The van der Waals surface area contributed by atoms with Crippen molar-refractivity contribution < 1.29 is 27.8 Å². The van der Waals surface area contributed by atoms with Crippen molar-refractivity contribution in [2.45, 2.75) is 26.8 Å². The zero-order valence-electron chi connectivity index (χ0n) is 22.0. The summed E-state index contributed by atoms with van der Waals surface area (Å²) in [6, 6.07) is 6.04. The van der Waals surface area contributed by atoms with Crippen molar-refractivity contribution in [3.63, 3.8) is 0 Å². The van der Waals surface area contributed by atoms with Crippen LogP contribution in [0.1, 0.15) is 40.3 Å². The summed E-state index contributed by atoms with van der Waals surface area (Å²) in [6.07, 6.45) is 0.312. The Labute approximate surface area is 235 Å². The van der Waals surface area contributed by atoms with Gasteiger partial charge in [0.1, 0.15) is 11.9 Å². The van der Waals surface area contributed by atoms with Crippen LogP contribution in [0, 0.1) is 19.1 Å². The Balaban J connectivity index is 1.65. The minimum Gasteiger partial charge on any atom is -0.480 e. The van der Waals surface area contributed by atoms with E-state index in [4.69, 9.17) is 16.3 Å². The van der Waals surface area contributed by atoms with Gasteiger partial charge in [0.25, 0.3) is 11.8 Å². The fourth-order valence-electron chi connectivity index (χ4n) is 4.11. The van der Waals surface area contributed by atoms with Crippen LogP contribution in [0.2, 0.25) is 5.02 Å². The van der Waals surface area contributed by atoms with Crippen molar-refractivity contribution in [1.29, 1.82) is 0 Å². The van der Waals surface area contributed by atoms with Crippen LogP contribution in [-0.4, -0.2) is 59.8 Å². The number of nitrogens with one attached hydrogen (secondary N) is 3. The lowest BCUT2D eigenvalue weighted by atomic mass is 10.0. The third kappa shape index (κ3) is 5.38. The van der Waals surface area contributed by atoms with Crippen LogP contribution in [-0.2, 0) is 0 Å². The number of aryl methyl sites for hydroxylation is 1. The number of aromatic nitrogens is 8. The first-order valence-corrected chi connectivity index (χ1v) is 12.5. The maximum atomic E-state index is 13.7. The molecule has 0 radical (unpaired) electrons. The lowest BCUT2D eigenvalue weighted by Crippen LogP contribution is -2.36. The van der Waals surface area contributed by atoms with Gasteiger partial charge < -0.3 is 15.4 Å². The number of anilines is 1. The molecule has 0 unspecified atom stereocenters. The Bertz CT molecular complexity index is 1800. The van der Waals surface area contributed by atoms with Crippen molar-refractivity contribution in [1.82, 2.24) is 40.1 Å². The van der Waals surface area contributed by atoms with Crippen molar-refractivity contribution >= 4 is 40.0 Å². The zero-order valence-corrected chi connectivity index (χ0v) is 22.8. The fraction of sp³-hybridized carbons (Fsp3) is 0.200. The molecular weight excluding hydrogens is 562 g/mol. The van der Waals surface area contributed by atoms with E-state index in [0.717, 1.165) is 4.68 Å². The third-order valence-corrected chi connectivity index (χ3v) is 6.09. The predicted octanol–water partition coefficient (Wildman–Crippen LogP) is 2.85. The van der Waals surface area contributed by atoms with Crippen molar-refractivity contribution in [2.24, 2.45) is 0 Å². The number of fused-ring (bicyclic) bond motifs is 1. The number of H-pyrrole nitrogens is 1. The Morgan fingerprint density at radius 1 is 1.15 bits per heavy atom. The Kier molecular flexibility index (Phi) is 7.28. The van der Waals surface area contributed by atoms with Gasteiger partial charge in [-0.25, -0.2) is 14.8 Å². The second-order valence-electron chi connectivity index (χ2n) is 9.07. The molecule has 0 saturated heterocycles. The van der Waals surface area contributed by atoms with E-state index in [9.17, 15) is 18.4 Å². The molecule has 2 amide bonds. The molecule has 0 bridgehead atoms. The largest absolute Gasteiger partial charge is 0.480 e. The molecule has 5 rings (SSSR count). The molecule has 16 heteroatoms. The van der Waals surface area contributed by atoms with E-state index in [1.165, 1.54) is 30.3 Å². The Hall–Kier alpha value is -5.05. The normalized spacial score (nSPS) is 11.2. The number of carbonyl (C=O) groups is 2. The van der Waals surface area contributed by atoms with E-state index >= 15 is 0 Å². The Morgan fingerprint density at radius 2 is 1.88 bits per heavy atom. The average molecular weight is 584 g/mol. The van der Waals surface area contributed by atoms with Gasteiger partial charge in [-0.05, 0) is 54.5 Å². The van der Waals surface area contributed by atoms with E-state index in [-0.39, 0.29) is 51.2 Å². The molecule has 0 aliphatic rings. The Morgan fingerprint density at radius 3 is 2.54 bits per heavy atom. The minimum absolute atomic E-state index is 0.0230. The monoisotopic (exact) mass is 583 g/mol. The van der Waals surface area contributed by atoms with Crippen LogP contribution in [0.3, 0.4) is 0 Å². The summed E-state index contributed by atoms with van der Waals surface area (Å²) in [5.74, 6) is -1.23. The lowest BCUT2D eigenvalue weighted by molar-refractivity contribution is -0.660. The number of nitrogens with zero attached hydrogens (tertiary/aromatic N) is 7. The van der Waals surface area contributed by atoms with Crippen LogP contribution in [0.4, 0.5) is 14.5 Å². The van der Waals surface area contributed by atoms with Gasteiger partial charge in [-0.3, -0.25) is 9.59 Å². The number of carbonyl (C=O) groups excluding carboxylic acids is 2.